The second-order valence-corrected chi connectivity index (χ2v) is 10.8. The molecule has 0 fully saturated rings. The highest BCUT2D eigenvalue weighted by atomic mass is 19.1. The molecule has 0 heterocycles. The first-order valence-electron chi connectivity index (χ1n) is 11.7. The van der Waals surface area contributed by atoms with Gasteiger partial charge in [-0.05, 0) is 58.9 Å². The Hall–Kier alpha value is -3.17. The second kappa shape index (κ2) is 11.3. The summed E-state index contributed by atoms with van der Waals surface area (Å²) in [7, 11) is 1.37. The highest BCUT2D eigenvalue weighted by Gasteiger charge is 2.35. The third kappa shape index (κ3) is 8.50. The van der Waals surface area contributed by atoms with E-state index in [4.69, 9.17) is 10.4 Å². The van der Waals surface area contributed by atoms with E-state index in [0.717, 1.165) is 5.56 Å². The van der Waals surface area contributed by atoms with Crippen molar-refractivity contribution in [3.8, 4) is 0 Å². The Labute approximate surface area is 217 Å². The fraction of sp³-hybridized carbons (Fsp3) is 0.407. The molecule has 0 aliphatic carbocycles. The molecule has 2 amide bonds. The standard InChI is InChI=1S/C27H37BFN4O3.2H2/c1-17-9-12-19(13-10-17)31-23(16-22(30)25(2,3)4)33-24(34)32-21-14-11-18(15-20(21)29)28-36-27(7,8)26(5,6)35;;/h9-16,35H,30H2,1-8H3,(H2,31,32,33,34);2*1H/b22-16-;;. The van der Waals surface area contributed by atoms with Crippen molar-refractivity contribution in [1.29, 1.82) is 0 Å². The van der Waals surface area contributed by atoms with E-state index < -0.39 is 23.1 Å². The van der Waals surface area contributed by atoms with Crippen molar-refractivity contribution in [2.75, 3.05) is 5.32 Å². The number of carbonyl (C=O) groups is 1. The van der Waals surface area contributed by atoms with Crippen LogP contribution in [-0.4, -0.2) is 35.7 Å². The van der Waals surface area contributed by atoms with E-state index in [9.17, 15) is 14.3 Å². The number of hydrogen-bond acceptors (Lipinski definition) is 5. The van der Waals surface area contributed by atoms with Gasteiger partial charge in [0.15, 0.2) is 0 Å². The number of rotatable bonds is 7. The van der Waals surface area contributed by atoms with Gasteiger partial charge in [0.1, 0.15) is 11.7 Å². The van der Waals surface area contributed by atoms with Crippen LogP contribution in [0.3, 0.4) is 0 Å². The fourth-order valence-electron chi connectivity index (χ4n) is 2.55. The number of nitrogens with two attached hydrogens (primary N) is 1. The minimum absolute atomic E-state index is 0. The highest BCUT2D eigenvalue weighted by Crippen LogP contribution is 2.24. The lowest BCUT2D eigenvalue weighted by Crippen LogP contribution is -2.49. The van der Waals surface area contributed by atoms with Gasteiger partial charge in [0.2, 0.25) is 0 Å². The molecule has 0 aliphatic heterocycles. The first-order chi connectivity index (χ1) is 16.5. The SMILES string of the molecule is Cc1ccc(N=C(/C=C(\N)C(C)(C)C)NC(=O)Nc2ccc([B]OC(C)(C)C(C)(C)O)cc2F)cc1.[HH].[HH]. The number of hydrogen-bond donors (Lipinski definition) is 4. The van der Waals surface area contributed by atoms with E-state index in [-0.39, 0.29) is 19.8 Å². The average Bonchev–Trinajstić information content (AvgIpc) is 2.74. The number of aryl methyl sites for hydroxylation is 1. The summed E-state index contributed by atoms with van der Waals surface area (Å²) in [5.74, 6) is -0.429. The molecule has 9 heteroatoms. The lowest BCUT2D eigenvalue weighted by atomic mass is 9.82. The highest BCUT2D eigenvalue weighted by molar-refractivity contribution is 6.47. The molecule has 1 radical (unpaired) electrons. The number of carbonyl (C=O) groups excluding carboxylic acids is 1. The number of benzene rings is 2. The first kappa shape index (κ1) is 29.1. The van der Waals surface area contributed by atoms with Gasteiger partial charge >= 0.3 is 13.5 Å². The van der Waals surface area contributed by atoms with Gasteiger partial charge in [-0.2, -0.15) is 0 Å². The van der Waals surface area contributed by atoms with E-state index in [0.29, 0.717) is 16.8 Å². The number of urea groups is 1. The van der Waals surface area contributed by atoms with Gasteiger partial charge in [0.25, 0.3) is 0 Å². The van der Waals surface area contributed by atoms with Crippen molar-refractivity contribution in [2.45, 2.75) is 66.6 Å². The Morgan fingerprint density at radius 1 is 1.11 bits per heavy atom. The second-order valence-electron chi connectivity index (χ2n) is 10.8. The Bertz CT molecular complexity index is 1140. The monoisotopic (exact) mass is 499 g/mol. The van der Waals surface area contributed by atoms with Crippen LogP contribution in [0.2, 0.25) is 0 Å². The van der Waals surface area contributed by atoms with Crippen LogP contribution in [0.15, 0.2) is 59.2 Å². The van der Waals surface area contributed by atoms with Crippen molar-refractivity contribution in [3.63, 3.8) is 0 Å². The number of amides is 2. The number of halogens is 1. The molecule has 2 aromatic carbocycles. The number of anilines is 1. The maximum Gasteiger partial charge on any atom is 0.331 e. The molecule has 7 nitrogen and oxygen atoms in total. The Kier molecular flexibility index (Phi) is 9.10. The summed E-state index contributed by atoms with van der Waals surface area (Å²) in [5, 5.41) is 15.4. The van der Waals surface area contributed by atoms with Gasteiger partial charge in [-0.25, -0.2) is 14.2 Å². The number of aliphatic imine (C=N–C) groups is 1. The zero-order valence-electron chi connectivity index (χ0n) is 22.4. The normalized spacial score (nSPS) is 13.4. The van der Waals surface area contributed by atoms with Gasteiger partial charge in [-0.1, -0.05) is 50.0 Å². The topological polar surface area (TPSA) is 109 Å². The van der Waals surface area contributed by atoms with Crippen LogP contribution in [0.1, 0.15) is 56.9 Å². The Balaban J connectivity index is 0.00000684. The number of aliphatic hydroxyl groups is 1. The molecule has 2 rings (SSSR count). The van der Waals surface area contributed by atoms with Gasteiger partial charge in [-0.15, -0.1) is 0 Å². The van der Waals surface area contributed by atoms with Crippen LogP contribution in [-0.2, 0) is 4.65 Å². The summed E-state index contributed by atoms with van der Waals surface area (Å²) in [5.41, 5.74) is 6.52. The lowest BCUT2D eigenvalue weighted by Gasteiger charge is -2.37. The van der Waals surface area contributed by atoms with Crippen LogP contribution < -0.4 is 21.8 Å². The average molecular weight is 499 g/mol. The predicted molar refractivity (Wildman–Crippen MR) is 150 cm³/mol. The summed E-state index contributed by atoms with van der Waals surface area (Å²) in [6.07, 6.45) is 1.59. The Morgan fingerprint density at radius 2 is 1.72 bits per heavy atom. The predicted octanol–water partition coefficient (Wildman–Crippen LogP) is 5.18. The minimum Gasteiger partial charge on any atom is -0.427 e. The first-order valence-corrected chi connectivity index (χ1v) is 11.7. The molecule has 36 heavy (non-hydrogen) atoms. The third-order valence-corrected chi connectivity index (χ3v) is 5.89. The Morgan fingerprint density at radius 3 is 2.25 bits per heavy atom. The number of nitrogens with one attached hydrogen (secondary N) is 2. The zero-order valence-corrected chi connectivity index (χ0v) is 22.4. The maximum atomic E-state index is 14.7. The van der Waals surface area contributed by atoms with Crippen molar-refractivity contribution in [1.82, 2.24) is 5.32 Å². The summed E-state index contributed by atoms with van der Waals surface area (Å²) >= 11 is 0. The molecule has 0 bridgehead atoms. The van der Waals surface area contributed by atoms with Crippen molar-refractivity contribution in [3.05, 3.63) is 65.6 Å². The van der Waals surface area contributed by atoms with Crippen molar-refractivity contribution < 1.29 is 21.8 Å². The smallest absolute Gasteiger partial charge is 0.331 e. The fourth-order valence-corrected chi connectivity index (χ4v) is 2.55. The molecule has 197 valence electrons. The molecule has 0 aromatic heterocycles. The summed E-state index contributed by atoms with van der Waals surface area (Å²) in [6, 6.07) is 11.1. The largest absolute Gasteiger partial charge is 0.427 e. The van der Waals surface area contributed by atoms with Crippen molar-refractivity contribution >= 4 is 36.2 Å². The molecule has 5 N–H and O–H groups in total. The van der Waals surface area contributed by atoms with E-state index >= 15 is 0 Å². The van der Waals surface area contributed by atoms with Crippen molar-refractivity contribution in [2.24, 2.45) is 16.1 Å². The van der Waals surface area contributed by atoms with E-state index in [1.807, 2.05) is 52.0 Å². The lowest BCUT2D eigenvalue weighted by molar-refractivity contribution is -0.0893. The van der Waals surface area contributed by atoms with E-state index in [2.05, 4.69) is 15.6 Å². The van der Waals surface area contributed by atoms with E-state index in [1.54, 1.807) is 39.8 Å². The number of amidine groups is 1. The molecule has 0 aliphatic rings. The summed E-state index contributed by atoms with van der Waals surface area (Å²) < 4.78 is 20.4. The maximum absolute atomic E-state index is 14.7. The number of nitrogens with zero attached hydrogens (tertiary/aromatic N) is 1. The molecular formula is C27H41BFN4O3. The summed E-state index contributed by atoms with van der Waals surface area (Å²) in [6.45, 7) is 14.5. The minimum atomic E-state index is -1.11. The van der Waals surface area contributed by atoms with Crippen LogP contribution in [0.25, 0.3) is 0 Å². The molecule has 0 saturated carbocycles. The molecular weight excluding hydrogens is 458 g/mol. The van der Waals surface area contributed by atoms with Crippen LogP contribution in [0, 0.1) is 18.2 Å². The van der Waals surface area contributed by atoms with Gasteiger partial charge in [0, 0.05) is 20.0 Å². The molecule has 0 saturated heterocycles. The van der Waals surface area contributed by atoms with Gasteiger partial charge < -0.3 is 20.8 Å². The van der Waals surface area contributed by atoms with Crippen LogP contribution in [0.5, 0.6) is 0 Å². The molecule has 2 aromatic rings. The van der Waals surface area contributed by atoms with Gasteiger partial charge in [0.05, 0.1) is 22.6 Å². The number of allylic oxidation sites excluding steroid dienone is 1. The van der Waals surface area contributed by atoms with Crippen LogP contribution in [0.4, 0.5) is 20.6 Å². The molecule has 0 unspecified atom stereocenters. The van der Waals surface area contributed by atoms with Crippen LogP contribution >= 0.6 is 0 Å². The van der Waals surface area contributed by atoms with Gasteiger partial charge in [-0.3, -0.25) is 5.32 Å². The van der Waals surface area contributed by atoms with E-state index in [1.165, 1.54) is 19.6 Å². The zero-order chi connectivity index (χ0) is 27.3. The quantitative estimate of drug-likeness (QED) is 0.239. The third-order valence-electron chi connectivity index (χ3n) is 5.89. The molecule has 0 spiro atoms. The molecule has 0 atom stereocenters. The summed E-state index contributed by atoms with van der Waals surface area (Å²) in [4.78, 5) is 17.2.